The van der Waals surface area contributed by atoms with Gasteiger partial charge in [-0.2, -0.15) is 5.26 Å². The Labute approximate surface area is 200 Å². The van der Waals surface area contributed by atoms with Gasteiger partial charge < -0.3 is 29.0 Å². The molecule has 2 aromatic rings. The van der Waals surface area contributed by atoms with Crippen LogP contribution in [0.25, 0.3) is 6.08 Å². The van der Waals surface area contributed by atoms with Gasteiger partial charge in [0.2, 0.25) is 0 Å². The first-order valence-corrected chi connectivity index (χ1v) is 9.95. The fraction of sp³-hybridized carbons (Fsp3) is 0.208. The number of nitriles is 1. The van der Waals surface area contributed by atoms with Crippen LogP contribution in [0.15, 0.2) is 42.5 Å². The molecule has 0 bridgehead atoms. The van der Waals surface area contributed by atoms with Crippen LogP contribution in [-0.2, 0) is 23.8 Å². The lowest BCUT2D eigenvalue weighted by Crippen LogP contribution is -2.20. The summed E-state index contributed by atoms with van der Waals surface area (Å²) in [6.45, 7) is -0.764. The zero-order valence-corrected chi connectivity index (χ0v) is 19.2. The van der Waals surface area contributed by atoms with E-state index in [0.717, 1.165) is 6.08 Å². The molecule has 11 heteroatoms. The number of benzene rings is 2. The molecule has 0 saturated heterocycles. The Morgan fingerprint density at radius 1 is 0.943 bits per heavy atom. The number of anilines is 1. The van der Waals surface area contributed by atoms with E-state index in [9.17, 15) is 19.2 Å². The summed E-state index contributed by atoms with van der Waals surface area (Å²) in [5.74, 6) is -2.19. The summed E-state index contributed by atoms with van der Waals surface area (Å²) in [5, 5.41) is 11.0. The second-order valence-corrected chi connectivity index (χ2v) is 6.63. The number of methoxy groups -OCH3 is 3. The monoisotopic (exact) mass is 482 g/mol. The molecule has 0 spiro atoms. The van der Waals surface area contributed by atoms with Crippen LogP contribution >= 0.6 is 0 Å². The minimum atomic E-state index is -0.789. The number of hydrogen-bond donors (Lipinski definition) is 1. The van der Waals surface area contributed by atoms with E-state index >= 15 is 0 Å². The summed E-state index contributed by atoms with van der Waals surface area (Å²) < 4.78 is 24.6. The molecule has 0 saturated carbocycles. The lowest BCUT2D eigenvalue weighted by atomic mass is 10.1. The van der Waals surface area contributed by atoms with Gasteiger partial charge in [-0.3, -0.25) is 4.79 Å². The molecule has 2 rings (SSSR count). The molecule has 11 nitrogen and oxygen atoms in total. The summed E-state index contributed by atoms with van der Waals surface area (Å²) in [4.78, 5) is 47.9. The summed E-state index contributed by atoms with van der Waals surface area (Å²) in [6.07, 6.45) is 2.56. The van der Waals surface area contributed by atoms with Gasteiger partial charge in [0.1, 0.15) is 6.07 Å². The Kier molecular flexibility index (Phi) is 9.81. The third-order valence-corrected chi connectivity index (χ3v) is 4.30. The van der Waals surface area contributed by atoms with Crippen molar-refractivity contribution in [2.75, 3.05) is 39.9 Å². The van der Waals surface area contributed by atoms with Crippen LogP contribution in [-0.4, -0.2) is 58.4 Å². The average Bonchev–Trinajstić information content (AvgIpc) is 2.88. The van der Waals surface area contributed by atoms with Crippen LogP contribution in [0.5, 0.6) is 11.5 Å². The zero-order chi connectivity index (χ0) is 25.8. The number of amides is 1. The van der Waals surface area contributed by atoms with E-state index in [-0.39, 0.29) is 23.4 Å². The standard InChI is InChI=1S/C24H22N2O9/c1-31-20-10-15(4-6-19(20)34-9-8-25)5-7-22(28)35-14-21(27)26-18-12-16(23(29)32-2)11-17(13-18)24(30)33-3/h4-7,10-13H,9,14H2,1-3H3,(H,26,27). The number of carbonyl (C=O) groups excluding carboxylic acids is 4. The molecule has 0 aliphatic heterocycles. The van der Waals surface area contributed by atoms with Crippen LogP contribution < -0.4 is 14.8 Å². The lowest BCUT2D eigenvalue weighted by Gasteiger charge is -2.10. The quantitative estimate of drug-likeness (QED) is 0.304. The highest BCUT2D eigenvalue weighted by atomic mass is 16.5. The van der Waals surface area contributed by atoms with E-state index in [1.165, 1.54) is 45.6 Å². The van der Waals surface area contributed by atoms with Gasteiger partial charge in [-0.05, 0) is 42.0 Å². The normalized spacial score (nSPS) is 10.1. The summed E-state index contributed by atoms with van der Waals surface area (Å²) in [6, 6.07) is 10.5. The zero-order valence-electron chi connectivity index (χ0n) is 19.2. The molecule has 0 aliphatic rings. The third kappa shape index (κ3) is 7.90. The Morgan fingerprint density at radius 3 is 2.17 bits per heavy atom. The van der Waals surface area contributed by atoms with Crippen LogP contribution in [0.3, 0.4) is 0 Å². The molecule has 2 aromatic carbocycles. The predicted octanol–water partition coefficient (Wildman–Crippen LogP) is 2.37. The van der Waals surface area contributed by atoms with E-state index in [2.05, 4.69) is 14.8 Å². The smallest absolute Gasteiger partial charge is 0.337 e. The molecule has 1 N–H and O–H groups in total. The number of esters is 3. The Hall–Kier alpha value is -4.85. The summed E-state index contributed by atoms with van der Waals surface area (Å²) >= 11 is 0. The highest BCUT2D eigenvalue weighted by molar-refractivity contribution is 6.00. The molecular weight excluding hydrogens is 460 g/mol. The minimum Gasteiger partial charge on any atom is -0.493 e. The van der Waals surface area contributed by atoms with E-state index in [0.29, 0.717) is 17.1 Å². The Balaban J connectivity index is 2.00. The van der Waals surface area contributed by atoms with Crippen molar-refractivity contribution in [3.05, 3.63) is 59.2 Å². The lowest BCUT2D eigenvalue weighted by molar-refractivity contribution is -0.142. The second kappa shape index (κ2) is 13.0. The van der Waals surface area contributed by atoms with Crippen molar-refractivity contribution in [2.45, 2.75) is 0 Å². The molecule has 35 heavy (non-hydrogen) atoms. The predicted molar refractivity (Wildman–Crippen MR) is 122 cm³/mol. The molecule has 0 radical (unpaired) electrons. The van der Waals surface area contributed by atoms with Crippen LogP contribution in [0.4, 0.5) is 5.69 Å². The Bertz CT molecular complexity index is 1150. The van der Waals surface area contributed by atoms with Crippen molar-refractivity contribution in [1.29, 1.82) is 5.26 Å². The van der Waals surface area contributed by atoms with Gasteiger partial charge in [-0.15, -0.1) is 0 Å². The Morgan fingerprint density at radius 2 is 1.60 bits per heavy atom. The average molecular weight is 482 g/mol. The van der Waals surface area contributed by atoms with Gasteiger partial charge in [-0.1, -0.05) is 6.07 Å². The largest absolute Gasteiger partial charge is 0.493 e. The highest BCUT2D eigenvalue weighted by Gasteiger charge is 2.15. The summed E-state index contributed by atoms with van der Waals surface area (Å²) in [5.41, 5.74) is 0.730. The summed E-state index contributed by atoms with van der Waals surface area (Å²) in [7, 11) is 3.78. The number of rotatable bonds is 10. The number of hydrogen-bond acceptors (Lipinski definition) is 10. The molecule has 0 heterocycles. The fourth-order valence-corrected chi connectivity index (χ4v) is 2.73. The van der Waals surface area contributed by atoms with Gasteiger partial charge in [-0.25, -0.2) is 14.4 Å². The van der Waals surface area contributed by atoms with E-state index < -0.39 is 30.4 Å². The maximum Gasteiger partial charge on any atom is 0.337 e. The SMILES string of the molecule is COC(=O)c1cc(NC(=O)COC(=O)C=Cc2ccc(OCC#N)c(OC)c2)cc(C(=O)OC)c1. The molecule has 0 fully saturated rings. The molecule has 0 atom stereocenters. The van der Waals surface area contributed by atoms with Crippen molar-refractivity contribution in [2.24, 2.45) is 0 Å². The fourth-order valence-electron chi connectivity index (χ4n) is 2.73. The van der Waals surface area contributed by atoms with E-state index in [4.69, 9.17) is 19.5 Å². The van der Waals surface area contributed by atoms with Gasteiger partial charge in [0.25, 0.3) is 5.91 Å². The number of nitrogens with zero attached hydrogens (tertiary/aromatic N) is 1. The van der Waals surface area contributed by atoms with Crippen LogP contribution in [0, 0.1) is 11.3 Å². The molecule has 0 aromatic heterocycles. The first-order valence-electron chi connectivity index (χ1n) is 9.95. The molecule has 182 valence electrons. The van der Waals surface area contributed by atoms with Gasteiger partial charge >= 0.3 is 17.9 Å². The minimum absolute atomic E-state index is 0.0186. The van der Waals surface area contributed by atoms with Gasteiger partial charge in [0.15, 0.2) is 24.7 Å². The second-order valence-electron chi connectivity index (χ2n) is 6.63. The van der Waals surface area contributed by atoms with Crippen LogP contribution in [0.2, 0.25) is 0 Å². The number of ether oxygens (including phenoxy) is 5. The maximum atomic E-state index is 12.2. The molecule has 1 amide bonds. The topological polar surface area (TPSA) is 150 Å². The van der Waals surface area contributed by atoms with Crippen molar-refractivity contribution < 1.29 is 42.9 Å². The number of carbonyl (C=O) groups is 4. The van der Waals surface area contributed by atoms with Gasteiger partial charge in [0.05, 0.1) is 32.5 Å². The third-order valence-electron chi connectivity index (χ3n) is 4.30. The molecular formula is C24H22N2O9. The maximum absolute atomic E-state index is 12.2. The van der Waals surface area contributed by atoms with Crippen LogP contribution in [0.1, 0.15) is 26.3 Å². The van der Waals surface area contributed by atoms with Gasteiger partial charge in [0, 0.05) is 11.8 Å². The van der Waals surface area contributed by atoms with Crippen molar-refractivity contribution in [3.8, 4) is 17.6 Å². The first-order chi connectivity index (χ1) is 16.8. The van der Waals surface area contributed by atoms with Crippen molar-refractivity contribution >= 4 is 35.6 Å². The van der Waals surface area contributed by atoms with Crippen molar-refractivity contribution in [3.63, 3.8) is 0 Å². The number of nitrogens with one attached hydrogen (secondary N) is 1. The van der Waals surface area contributed by atoms with E-state index in [1.54, 1.807) is 18.2 Å². The van der Waals surface area contributed by atoms with E-state index in [1.807, 2.05) is 6.07 Å². The molecule has 0 aliphatic carbocycles. The van der Waals surface area contributed by atoms with Crippen molar-refractivity contribution in [1.82, 2.24) is 0 Å². The first kappa shape index (κ1) is 26.4. The molecule has 0 unspecified atom stereocenters. The highest BCUT2D eigenvalue weighted by Crippen LogP contribution is 2.28.